The molecule has 0 aliphatic carbocycles. The van der Waals surface area contributed by atoms with Gasteiger partial charge in [-0.1, -0.05) is 66.6 Å². The van der Waals surface area contributed by atoms with Crippen LogP contribution in [0.4, 0.5) is 0 Å². The van der Waals surface area contributed by atoms with Crippen molar-refractivity contribution in [2.24, 2.45) is 0 Å². The molecule has 2 fully saturated rings. The van der Waals surface area contributed by atoms with Gasteiger partial charge in [0.1, 0.15) is 5.37 Å². The molecule has 7 heteroatoms. The molecular formula is C30H32ClN3O2S. The molecule has 2 aliphatic rings. The summed E-state index contributed by atoms with van der Waals surface area (Å²) in [5, 5.41) is 3.71. The second-order valence-corrected chi connectivity index (χ2v) is 11.2. The number of nitrogens with zero attached hydrogens (tertiary/aromatic N) is 2. The van der Waals surface area contributed by atoms with E-state index in [1.807, 2.05) is 59.5 Å². The largest absolute Gasteiger partial charge is 0.348 e. The normalized spacial score (nSPS) is 18.2. The van der Waals surface area contributed by atoms with Gasteiger partial charge in [0.25, 0.3) is 5.91 Å². The first-order valence-electron chi connectivity index (χ1n) is 12.9. The van der Waals surface area contributed by atoms with Crippen LogP contribution < -0.4 is 5.32 Å². The highest BCUT2D eigenvalue weighted by Crippen LogP contribution is 2.39. The zero-order valence-corrected chi connectivity index (χ0v) is 22.4. The number of rotatable bonds is 8. The Kier molecular flexibility index (Phi) is 8.49. The summed E-state index contributed by atoms with van der Waals surface area (Å²) in [5.74, 6) is 0.486. The first kappa shape index (κ1) is 25.8. The predicted octanol–water partition coefficient (Wildman–Crippen LogP) is 6.03. The monoisotopic (exact) mass is 533 g/mol. The van der Waals surface area contributed by atoms with Gasteiger partial charge in [-0.15, -0.1) is 11.8 Å². The van der Waals surface area contributed by atoms with E-state index in [1.165, 1.54) is 24.8 Å². The summed E-state index contributed by atoms with van der Waals surface area (Å²) in [4.78, 5) is 29.9. The maximum atomic E-state index is 12.9. The Balaban J connectivity index is 1.20. The molecule has 37 heavy (non-hydrogen) atoms. The summed E-state index contributed by atoms with van der Waals surface area (Å²) in [6, 6.07) is 23.6. The molecule has 0 radical (unpaired) electrons. The van der Waals surface area contributed by atoms with E-state index in [0.717, 1.165) is 36.3 Å². The average Bonchev–Trinajstić information content (AvgIpc) is 3.29. The van der Waals surface area contributed by atoms with Gasteiger partial charge in [0.2, 0.25) is 5.91 Å². The van der Waals surface area contributed by atoms with Crippen LogP contribution in [0.3, 0.4) is 0 Å². The molecule has 5 nitrogen and oxygen atoms in total. The van der Waals surface area contributed by atoms with Crippen molar-refractivity contribution < 1.29 is 9.59 Å². The molecule has 0 bridgehead atoms. The second-order valence-electron chi connectivity index (χ2n) is 9.72. The van der Waals surface area contributed by atoms with E-state index in [4.69, 9.17) is 11.6 Å². The van der Waals surface area contributed by atoms with E-state index < -0.39 is 0 Å². The van der Waals surface area contributed by atoms with Gasteiger partial charge in [0.15, 0.2) is 0 Å². The van der Waals surface area contributed by atoms with Crippen LogP contribution in [-0.2, 0) is 24.4 Å². The molecule has 0 aromatic heterocycles. The maximum absolute atomic E-state index is 12.9. The summed E-state index contributed by atoms with van der Waals surface area (Å²) in [6.45, 7) is 4.27. The number of likely N-dealkylation sites (tertiary alicyclic amines) is 1. The number of thioether (sulfide) groups is 1. The number of hydrogen-bond acceptors (Lipinski definition) is 4. The summed E-state index contributed by atoms with van der Waals surface area (Å²) >= 11 is 7.62. The minimum absolute atomic E-state index is 0.0676. The highest BCUT2D eigenvalue weighted by Gasteiger charge is 2.32. The highest BCUT2D eigenvalue weighted by molar-refractivity contribution is 8.00. The Morgan fingerprint density at radius 1 is 0.892 bits per heavy atom. The lowest BCUT2D eigenvalue weighted by Gasteiger charge is -2.27. The molecule has 0 spiro atoms. The highest BCUT2D eigenvalue weighted by atomic mass is 35.5. The van der Waals surface area contributed by atoms with Crippen LogP contribution in [0.2, 0.25) is 5.02 Å². The average molecular weight is 534 g/mol. The minimum Gasteiger partial charge on any atom is -0.348 e. The first-order chi connectivity index (χ1) is 18.1. The van der Waals surface area contributed by atoms with Crippen LogP contribution in [0.5, 0.6) is 0 Å². The number of benzene rings is 3. The quantitative estimate of drug-likeness (QED) is 0.384. The molecule has 3 aromatic carbocycles. The Bertz CT molecular complexity index is 1230. The van der Waals surface area contributed by atoms with Crippen LogP contribution in [-0.4, -0.2) is 40.5 Å². The van der Waals surface area contributed by atoms with Crippen molar-refractivity contribution in [3.63, 3.8) is 0 Å². The van der Waals surface area contributed by atoms with E-state index in [-0.39, 0.29) is 17.2 Å². The molecule has 1 atom stereocenters. The molecule has 1 N–H and O–H groups in total. The minimum atomic E-state index is -0.0903. The molecular weight excluding hydrogens is 502 g/mol. The maximum Gasteiger partial charge on any atom is 0.251 e. The third-order valence-electron chi connectivity index (χ3n) is 7.09. The van der Waals surface area contributed by atoms with Crippen LogP contribution in [0.15, 0.2) is 72.8 Å². The Morgan fingerprint density at radius 2 is 1.59 bits per heavy atom. The Morgan fingerprint density at radius 3 is 2.32 bits per heavy atom. The van der Waals surface area contributed by atoms with E-state index in [0.29, 0.717) is 29.4 Å². The van der Waals surface area contributed by atoms with Gasteiger partial charge < -0.3 is 10.2 Å². The van der Waals surface area contributed by atoms with Crippen LogP contribution in [0.25, 0.3) is 0 Å². The predicted molar refractivity (Wildman–Crippen MR) is 150 cm³/mol. The molecule has 2 heterocycles. The number of nitrogens with one attached hydrogen (secondary N) is 1. The van der Waals surface area contributed by atoms with Crippen LogP contribution >= 0.6 is 23.4 Å². The molecule has 2 amide bonds. The molecule has 2 saturated heterocycles. The van der Waals surface area contributed by atoms with Gasteiger partial charge in [-0.3, -0.25) is 14.5 Å². The number of amides is 2. The molecule has 5 rings (SSSR count). The summed E-state index contributed by atoms with van der Waals surface area (Å²) in [6.07, 6.45) is 3.85. The van der Waals surface area contributed by atoms with Gasteiger partial charge in [-0.2, -0.15) is 0 Å². The van der Waals surface area contributed by atoms with E-state index >= 15 is 0 Å². The Hall–Kier alpha value is -2.80. The van der Waals surface area contributed by atoms with Gasteiger partial charge >= 0.3 is 0 Å². The third-order valence-corrected chi connectivity index (χ3v) is 8.60. The summed E-state index contributed by atoms with van der Waals surface area (Å²) in [5.41, 5.74) is 5.13. The number of piperidine rings is 1. The lowest BCUT2D eigenvalue weighted by molar-refractivity contribution is -0.128. The van der Waals surface area contributed by atoms with Crippen molar-refractivity contribution >= 4 is 35.2 Å². The molecule has 192 valence electrons. The van der Waals surface area contributed by atoms with Crippen molar-refractivity contribution in [1.29, 1.82) is 0 Å². The lowest BCUT2D eigenvalue weighted by Crippen LogP contribution is -2.30. The van der Waals surface area contributed by atoms with Crippen molar-refractivity contribution in [3.8, 4) is 0 Å². The Labute approximate surface area is 228 Å². The zero-order chi connectivity index (χ0) is 25.6. The lowest BCUT2D eigenvalue weighted by atomic mass is 10.0. The second kappa shape index (κ2) is 12.2. The first-order valence-corrected chi connectivity index (χ1v) is 14.3. The molecule has 3 aromatic rings. The number of halogens is 1. The molecule has 0 saturated carbocycles. The van der Waals surface area contributed by atoms with Crippen molar-refractivity contribution in [2.45, 2.75) is 44.3 Å². The summed E-state index contributed by atoms with van der Waals surface area (Å²) in [7, 11) is 0. The fourth-order valence-corrected chi connectivity index (χ4v) is 6.32. The fraction of sp³-hybridized carbons (Fsp3) is 0.333. The topological polar surface area (TPSA) is 52.7 Å². The van der Waals surface area contributed by atoms with Gasteiger partial charge in [0, 0.05) is 30.2 Å². The third kappa shape index (κ3) is 6.56. The van der Waals surface area contributed by atoms with Crippen molar-refractivity contribution in [3.05, 3.63) is 106 Å². The van der Waals surface area contributed by atoms with Gasteiger partial charge in [0.05, 0.1) is 5.75 Å². The van der Waals surface area contributed by atoms with E-state index in [9.17, 15) is 9.59 Å². The van der Waals surface area contributed by atoms with E-state index in [2.05, 4.69) is 28.4 Å². The number of hydrogen-bond donors (Lipinski definition) is 1. The SMILES string of the molecule is O=C(NCc1ccccc1CN1CCCCC1)c1ccc([C@H]2SCC(=O)N2Cc2ccc(Cl)cc2)cc1. The fourth-order valence-electron chi connectivity index (χ4n) is 5.01. The van der Waals surface area contributed by atoms with Crippen LogP contribution in [0.1, 0.15) is 57.2 Å². The number of carbonyl (C=O) groups excluding carboxylic acids is 2. The van der Waals surface area contributed by atoms with E-state index in [1.54, 1.807) is 11.8 Å². The zero-order valence-electron chi connectivity index (χ0n) is 20.9. The van der Waals surface area contributed by atoms with Gasteiger partial charge in [-0.25, -0.2) is 0 Å². The van der Waals surface area contributed by atoms with Crippen molar-refractivity contribution in [1.82, 2.24) is 15.1 Å². The van der Waals surface area contributed by atoms with Crippen LogP contribution in [0, 0.1) is 0 Å². The van der Waals surface area contributed by atoms with Gasteiger partial charge in [-0.05, 0) is 72.5 Å². The number of carbonyl (C=O) groups is 2. The molecule has 2 aliphatic heterocycles. The summed E-state index contributed by atoms with van der Waals surface area (Å²) < 4.78 is 0. The molecule has 0 unspecified atom stereocenters. The standard InChI is InChI=1S/C30H32ClN3O2S/c31-27-14-8-22(9-15-27)19-34-28(35)21-37-30(34)24-12-10-23(11-13-24)29(36)32-18-25-6-2-3-7-26(25)20-33-16-4-1-5-17-33/h2-3,6-15,30H,1,4-5,16-21H2,(H,32,36)/t30-/m1/s1. The smallest absolute Gasteiger partial charge is 0.251 e. The van der Waals surface area contributed by atoms with Crippen molar-refractivity contribution in [2.75, 3.05) is 18.8 Å².